The zero-order chi connectivity index (χ0) is 21.3. The van der Waals surface area contributed by atoms with E-state index in [1.807, 2.05) is 18.2 Å². The number of fused-ring (bicyclic) bond motifs is 1. The molecule has 8 heteroatoms. The Kier molecular flexibility index (Phi) is 5.78. The molecule has 152 valence electrons. The molecule has 3 amide bonds. The van der Waals surface area contributed by atoms with Gasteiger partial charge < -0.3 is 0 Å². The number of para-hydroxylation sites is 1. The van der Waals surface area contributed by atoms with Gasteiger partial charge >= 0.3 is 0 Å². The highest BCUT2D eigenvalue weighted by molar-refractivity contribution is 9.11. The van der Waals surface area contributed by atoms with Crippen LogP contribution in [0, 0.1) is 0 Å². The summed E-state index contributed by atoms with van der Waals surface area (Å²) in [7, 11) is 0. The van der Waals surface area contributed by atoms with Crippen molar-refractivity contribution >= 4 is 55.8 Å². The molecule has 1 aromatic heterocycles. The Morgan fingerprint density at radius 1 is 1.07 bits per heavy atom. The van der Waals surface area contributed by atoms with Crippen molar-refractivity contribution in [3.63, 3.8) is 0 Å². The summed E-state index contributed by atoms with van der Waals surface area (Å²) in [6.07, 6.45) is 2.95. The van der Waals surface area contributed by atoms with Crippen LogP contribution in [-0.2, 0) is 11.2 Å². The van der Waals surface area contributed by atoms with Gasteiger partial charge in [-0.25, -0.2) is 9.88 Å². The maximum Gasteiger partial charge on any atom is 0.266 e. The number of rotatable bonds is 6. The van der Waals surface area contributed by atoms with Crippen LogP contribution >= 0.6 is 27.3 Å². The second-order valence-electron chi connectivity index (χ2n) is 6.84. The average Bonchev–Trinajstić information content (AvgIpc) is 3.27. The molecule has 0 atom stereocenters. The van der Waals surface area contributed by atoms with Gasteiger partial charge in [-0.05, 0) is 52.5 Å². The van der Waals surface area contributed by atoms with Crippen molar-refractivity contribution in [2.24, 2.45) is 0 Å². The summed E-state index contributed by atoms with van der Waals surface area (Å²) in [5.74, 6) is -0.687. The minimum atomic E-state index is -0.305. The first-order chi connectivity index (χ1) is 14.5. The van der Waals surface area contributed by atoms with Crippen LogP contribution in [0.5, 0.6) is 0 Å². The molecule has 0 fully saturated rings. The highest BCUT2D eigenvalue weighted by Gasteiger charge is 2.37. The normalized spacial score (nSPS) is 12.9. The average molecular weight is 484 g/mol. The molecule has 0 aliphatic carbocycles. The molecule has 2 aromatic carbocycles. The van der Waals surface area contributed by atoms with Crippen LogP contribution in [-0.4, -0.2) is 29.3 Å². The molecule has 0 unspecified atom stereocenters. The fourth-order valence-corrected chi connectivity index (χ4v) is 4.79. The lowest BCUT2D eigenvalue weighted by Gasteiger charge is -2.20. The van der Waals surface area contributed by atoms with Crippen molar-refractivity contribution in [3.8, 4) is 0 Å². The molecule has 1 aliphatic heterocycles. The predicted octanol–water partition coefficient (Wildman–Crippen LogP) is 4.69. The van der Waals surface area contributed by atoms with Gasteiger partial charge in [0.1, 0.15) is 0 Å². The monoisotopic (exact) mass is 483 g/mol. The lowest BCUT2D eigenvalue weighted by atomic mass is 10.1. The van der Waals surface area contributed by atoms with Gasteiger partial charge in [-0.2, -0.15) is 0 Å². The lowest BCUT2D eigenvalue weighted by Crippen LogP contribution is -2.31. The molecule has 2 heterocycles. The van der Waals surface area contributed by atoms with E-state index in [2.05, 4.69) is 20.9 Å². The molecule has 4 rings (SSSR count). The maximum absolute atomic E-state index is 12.9. The van der Waals surface area contributed by atoms with E-state index in [1.54, 1.807) is 41.4 Å². The third-order valence-electron chi connectivity index (χ3n) is 4.93. The zero-order valence-electron chi connectivity index (χ0n) is 16.2. The Balaban J connectivity index is 1.53. The minimum absolute atomic E-state index is 0.0783. The number of aromatic nitrogens is 1. The SMILES string of the molecule is CC(=O)N(CCCc1ccccc1N1C(=O)c2ccccc2C1=O)c1ncc(Br)s1. The van der Waals surface area contributed by atoms with Crippen LogP contribution in [0.4, 0.5) is 10.8 Å². The number of halogens is 1. The first-order valence-electron chi connectivity index (χ1n) is 9.42. The Morgan fingerprint density at radius 3 is 2.30 bits per heavy atom. The molecule has 3 aromatic rings. The molecule has 1 aliphatic rings. The molecule has 0 saturated heterocycles. The van der Waals surface area contributed by atoms with Gasteiger partial charge in [-0.1, -0.05) is 41.7 Å². The van der Waals surface area contributed by atoms with Crippen molar-refractivity contribution in [3.05, 3.63) is 75.2 Å². The standard InChI is InChI=1S/C22H18BrN3O3S/c1-14(27)25(22-24-13-19(23)30-22)12-6-8-15-7-2-5-11-18(15)26-20(28)16-9-3-4-10-17(16)21(26)29/h2-5,7,9-11,13H,6,8,12H2,1H3. The fraction of sp³-hybridized carbons (Fsp3) is 0.182. The Hall–Kier alpha value is -2.84. The van der Waals surface area contributed by atoms with E-state index in [0.29, 0.717) is 41.3 Å². The van der Waals surface area contributed by atoms with Gasteiger partial charge in [0.15, 0.2) is 5.13 Å². The summed E-state index contributed by atoms with van der Waals surface area (Å²) in [6.45, 7) is 2.01. The van der Waals surface area contributed by atoms with E-state index >= 15 is 0 Å². The van der Waals surface area contributed by atoms with Gasteiger partial charge in [0.25, 0.3) is 11.8 Å². The Labute approximate surface area is 186 Å². The highest BCUT2D eigenvalue weighted by Crippen LogP contribution is 2.32. The number of hydrogen-bond acceptors (Lipinski definition) is 5. The molecule has 30 heavy (non-hydrogen) atoms. The van der Waals surface area contributed by atoms with Crippen LogP contribution in [0.1, 0.15) is 39.6 Å². The van der Waals surface area contributed by atoms with E-state index in [-0.39, 0.29) is 17.7 Å². The largest absolute Gasteiger partial charge is 0.288 e. The van der Waals surface area contributed by atoms with Crippen molar-refractivity contribution in [2.75, 3.05) is 16.3 Å². The minimum Gasteiger partial charge on any atom is -0.288 e. The number of aryl methyl sites for hydroxylation is 1. The molecule has 0 N–H and O–H groups in total. The van der Waals surface area contributed by atoms with Crippen molar-refractivity contribution in [2.45, 2.75) is 19.8 Å². The zero-order valence-corrected chi connectivity index (χ0v) is 18.6. The topological polar surface area (TPSA) is 70.6 Å². The second kappa shape index (κ2) is 8.49. The van der Waals surface area contributed by atoms with E-state index in [9.17, 15) is 14.4 Å². The van der Waals surface area contributed by atoms with Crippen molar-refractivity contribution in [1.82, 2.24) is 4.98 Å². The van der Waals surface area contributed by atoms with Crippen LogP contribution in [0.15, 0.2) is 58.5 Å². The summed E-state index contributed by atoms with van der Waals surface area (Å²) in [4.78, 5) is 44.9. The van der Waals surface area contributed by atoms with Crippen molar-refractivity contribution in [1.29, 1.82) is 0 Å². The fourth-order valence-electron chi connectivity index (χ4n) is 3.53. The van der Waals surface area contributed by atoms with E-state index < -0.39 is 0 Å². The van der Waals surface area contributed by atoms with Crippen LogP contribution < -0.4 is 9.80 Å². The summed E-state index contributed by atoms with van der Waals surface area (Å²) in [6, 6.07) is 14.3. The maximum atomic E-state index is 12.9. The van der Waals surface area contributed by atoms with Gasteiger partial charge in [-0.3, -0.25) is 19.3 Å². The van der Waals surface area contributed by atoms with E-state index in [0.717, 1.165) is 9.35 Å². The number of imide groups is 1. The number of carbonyl (C=O) groups excluding carboxylic acids is 3. The highest BCUT2D eigenvalue weighted by atomic mass is 79.9. The number of amides is 3. The van der Waals surface area contributed by atoms with Crippen LogP contribution in [0.2, 0.25) is 0 Å². The lowest BCUT2D eigenvalue weighted by molar-refractivity contribution is -0.116. The van der Waals surface area contributed by atoms with Crippen LogP contribution in [0.25, 0.3) is 0 Å². The molecule has 0 saturated carbocycles. The third-order valence-corrected chi connectivity index (χ3v) is 6.43. The second-order valence-corrected chi connectivity index (χ2v) is 9.23. The number of benzene rings is 2. The first kappa shape index (κ1) is 20.4. The molecule has 0 radical (unpaired) electrons. The Bertz CT molecular complexity index is 1110. The summed E-state index contributed by atoms with van der Waals surface area (Å²) >= 11 is 4.77. The molecular weight excluding hydrogens is 466 g/mol. The smallest absolute Gasteiger partial charge is 0.266 e. The predicted molar refractivity (Wildman–Crippen MR) is 120 cm³/mol. The molecule has 0 bridgehead atoms. The van der Waals surface area contributed by atoms with Crippen molar-refractivity contribution < 1.29 is 14.4 Å². The quantitative estimate of drug-likeness (QED) is 0.476. The summed E-state index contributed by atoms with van der Waals surface area (Å²) < 4.78 is 0.861. The summed E-state index contributed by atoms with van der Waals surface area (Å²) in [5.41, 5.74) is 2.33. The van der Waals surface area contributed by atoms with E-state index in [4.69, 9.17) is 0 Å². The van der Waals surface area contributed by atoms with E-state index in [1.165, 1.54) is 23.2 Å². The number of anilines is 2. The number of carbonyl (C=O) groups is 3. The van der Waals surface area contributed by atoms with Gasteiger partial charge in [0.05, 0.1) is 26.8 Å². The Morgan fingerprint density at radius 2 is 1.70 bits per heavy atom. The first-order valence-corrected chi connectivity index (χ1v) is 11.0. The number of hydrogen-bond donors (Lipinski definition) is 0. The van der Waals surface area contributed by atoms with Crippen LogP contribution in [0.3, 0.4) is 0 Å². The number of thiazole rings is 1. The number of nitrogens with zero attached hydrogens (tertiary/aromatic N) is 3. The molecule has 6 nitrogen and oxygen atoms in total. The van der Waals surface area contributed by atoms with Gasteiger partial charge in [0, 0.05) is 13.5 Å². The van der Waals surface area contributed by atoms with Gasteiger partial charge in [0.2, 0.25) is 5.91 Å². The molecular formula is C22H18BrN3O3S. The third kappa shape index (κ3) is 3.80. The molecule has 0 spiro atoms. The van der Waals surface area contributed by atoms with Gasteiger partial charge in [-0.15, -0.1) is 0 Å². The summed E-state index contributed by atoms with van der Waals surface area (Å²) in [5, 5.41) is 0.642.